The summed E-state index contributed by atoms with van der Waals surface area (Å²) >= 11 is 0. The van der Waals surface area contributed by atoms with Gasteiger partial charge in [0.2, 0.25) is 5.95 Å². The highest BCUT2D eigenvalue weighted by Crippen LogP contribution is 2.25. The molecule has 0 saturated carbocycles. The summed E-state index contributed by atoms with van der Waals surface area (Å²) in [6, 6.07) is 18.2. The van der Waals surface area contributed by atoms with E-state index in [0.717, 1.165) is 16.9 Å². The summed E-state index contributed by atoms with van der Waals surface area (Å²) in [5, 5.41) is 16.4. The van der Waals surface area contributed by atoms with Gasteiger partial charge in [0.05, 0.1) is 18.3 Å². The number of benzene rings is 2. The number of nitrogens with zero attached hydrogens (tertiary/aromatic N) is 2. The number of hydrogen-bond donors (Lipinski definition) is 3. The van der Waals surface area contributed by atoms with Crippen LogP contribution in [0.4, 0.5) is 17.5 Å². The highest BCUT2D eigenvalue weighted by molar-refractivity contribution is 5.67. The Morgan fingerprint density at radius 1 is 0.929 bits per heavy atom. The van der Waals surface area contributed by atoms with Gasteiger partial charge in [-0.15, -0.1) is 0 Å². The van der Waals surface area contributed by atoms with Crippen molar-refractivity contribution in [2.75, 3.05) is 17.2 Å². The number of aromatic nitrogens is 2. The van der Waals surface area contributed by atoms with Crippen LogP contribution in [-0.2, 0) is 0 Å². The van der Waals surface area contributed by atoms with Gasteiger partial charge >= 0.3 is 0 Å². The first-order chi connectivity index (χ1) is 13.4. The number of nitrogens with one attached hydrogen (secondary N) is 2. The molecule has 5 nitrogen and oxygen atoms in total. The third kappa shape index (κ3) is 5.08. The second-order valence-electron chi connectivity index (χ2n) is 7.51. The summed E-state index contributed by atoms with van der Waals surface area (Å²) in [6.45, 7) is 8.30. The van der Waals surface area contributed by atoms with Crippen LogP contribution in [0.1, 0.15) is 25.0 Å². The van der Waals surface area contributed by atoms with Crippen molar-refractivity contribution >= 4 is 17.5 Å². The predicted octanol–water partition coefficient (Wildman–Crippen LogP) is 4.93. The van der Waals surface area contributed by atoms with Crippen LogP contribution in [0.2, 0.25) is 0 Å². The summed E-state index contributed by atoms with van der Waals surface area (Å²) in [7, 11) is 0. The van der Waals surface area contributed by atoms with Crippen LogP contribution in [0, 0.1) is 19.8 Å². The van der Waals surface area contributed by atoms with Gasteiger partial charge < -0.3 is 15.7 Å². The molecule has 28 heavy (non-hydrogen) atoms. The topological polar surface area (TPSA) is 70.1 Å². The Kier molecular flexibility index (Phi) is 6.26. The largest absolute Gasteiger partial charge is 0.394 e. The molecule has 1 aromatic heterocycles. The van der Waals surface area contributed by atoms with Crippen molar-refractivity contribution < 1.29 is 5.11 Å². The summed E-state index contributed by atoms with van der Waals surface area (Å²) in [5.41, 5.74) is 5.22. The SMILES string of the molecule is Cc1cc(C)cc(Nc2cc(-c3ccccc3)nc(N[C@@H](CO)C(C)C)n2)c1. The number of hydrogen-bond acceptors (Lipinski definition) is 5. The van der Waals surface area contributed by atoms with Gasteiger partial charge in [-0.1, -0.05) is 50.2 Å². The van der Waals surface area contributed by atoms with E-state index in [1.165, 1.54) is 11.1 Å². The molecule has 0 aliphatic carbocycles. The fourth-order valence-electron chi connectivity index (χ4n) is 3.12. The lowest BCUT2D eigenvalue weighted by molar-refractivity contribution is 0.248. The van der Waals surface area contributed by atoms with E-state index in [1.807, 2.05) is 36.4 Å². The van der Waals surface area contributed by atoms with Gasteiger partial charge in [-0.05, 0) is 43.0 Å². The number of aliphatic hydroxyl groups excluding tert-OH is 1. The Morgan fingerprint density at radius 2 is 1.61 bits per heavy atom. The Hall–Kier alpha value is -2.92. The van der Waals surface area contributed by atoms with E-state index in [9.17, 15) is 5.11 Å². The smallest absolute Gasteiger partial charge is 0.225 e. The maximum Gasteiger partial charge on any atom is 0.225 e. The molecule has 1 atom stereocenters. The maximum absolute atomic E-state index is 9.68. The van der Waals surface area contributed by atoms with Gasteiger partial charge in [-0.25, -0.2) is 4.98 Å². The lowest BCUT2D eigenvalue weighted by Crippen LogP contribution is -2.30. The third-order valence-electron chi connectivity index (χ3n) is 4.61. The van der Waals surface area contributed by atoms with Crippen molar-refractivity contribution in [3.05, 3.63) is 65.7 Å². The second kappa shape index (κ2) is 8.85. The molecular weight excluding hydrogens is 348 g/mol. The molecule has 0 radical (unpaired) electrons. The minimum atomic E-state index is -0.111. The Bertz CT molecular complexity index is 905. The molecule has 0 spiro atoms. The fraction of sp³-hybridized carbons (Fsp3) is 0.304. The quantitative estimate of drug-likeness (QED) is 0.545. The molecular formula is C23H28N4O. The van der Waals surface area contributed by atoms with E-state index in [2.05, 4.69) is 66.5 Å². The molecule has 0 saturated heterocycles. The molecule has 3 N–H and O–H groups in total. The molecule has 0 bridgehead atoms. The molecule has 146 valence electrons. The summed E-state index contributed by atoms with van der Waals surface area (Å²) in [5.74, 6) is 1.47. The number of rotatable bonds is 7. The molecule has 1 heterocycles. The van der Waals surface area contributed by atoms with Gasteiger partial charge in [0.1, 0.15) is 5.82 Å². The van der Waals surface area contributed by atoms with Crippen LogP contribution in [0.3, 0.4) is 0 Å². The number of aryl methyl sites for hydroxylation is 2. The molecule has 0 unspecified atom stereocenters. The third-order valence-corrected chi connectivity index (χ3v) is 4.61. The highest BCUT2D eigenvalue weighted by Gasteiger charge is 2.15. The van der Waals surface area contributed by atoms with E-state index < -0.39 is 0 Å². The van der Waals surface area contributed by atoms with E-state index in [4.69, 9.17) is 0 Å². The van der Waals surface area contributed by atoms with Gasteiger partial charge in [0.25, 0.3) is 0 Å². The summed E-state index contributed by atoms with van der Waals surface area (Å²) < 4.78 is 0. The van der Waals surface area contributed by atoms with Gasteiger partial charge in [0, 0.05) is 17.3 Å². The zero-order valence-corrected chi connectivity index (χ0v) is 16.9. The minimum absolute atomic E-state index is 0.0242. The standard InChI is InChI=1S/C23H28N4O/c1-15(2)21(14-28)26-23-25-20(18-8-6-5-7-9-18)13-22(27-23)24-19-11-16(3)10-17(4)12-19/h5-13,15,21,28H,14H2,1-4H3,(H2,24,25,26,27)/t21-/m0/s1. The van der Waals surface area contributed by atoms with E-state index in [1.54, 1.807) is 0 Å². The second-order valence-corrected chi connectivity index (χ2v) is 7.51. The molecule has 3 rings (SSSR count). The average Bonchev–Trinajstić information content (AvgIpc) is 2.65. The zero-order valence-electron chi connectivity index (χ0n) is 16.9. The van der Waals surface area contributed by atoms with Crippen LogP contribution in [-0.4, -0.2) is 27.7 Å². The van der Waals surface area contributed by atoms with Crippen LogP contribution in [0.5, 0.6) is 0 Å². The first kappa shape index (κ1) is 19.8. The molecule has 0 aliphatic heterocycles. The lowest BCUT2D eigenvalue weighted by Gasteiger charge is -2.21. The van der Waals surface area contributed by atoms with Crippen molar-refractivity contribution in [1.29, 1.82) is 0 Å². The van der Waals surface area contributed by atoms with Crippen molar-refractivity contribution in [2.24, 2.45) is 5.92 Å². The normalized spacial score (nSPS) is 12.1. The van der Waals surface area contributed by atoms with Gasteiger partial charge in [0.15, 0.2) is 0 Å². The number of anilines is 3. The highest BCUT2D eigenvalue weighted by atomic mass is 16.3. The molecule has 0 fully saturated rings. The maximum atomic E-state index is 9.68. The Labute approximate surface area is 166 Å². The van der Waals surface area contributed by atoms with Crippen molar-refractivity contribution in [3.63, 3.8) is 0 Å². The van der Waals surface area contributed by atoms with E-state index in [-0.39, 0.29) is 18.6 Å². The monoisotopic (exact) mass is 376 g/mol. The molecule has 3 aromatic rings. The fourth-order valence-corrected chi connectivity index (χ4v) is 3.12. The van der Waals surface area contributed by atoms with E-state index in [0.29, 0.717) is 11.8 Å². The molecule has 2 aromatic carbocycles. The van der Waals surface area contributed by atoms with Gasteiger partial charge in [-0.2, -0.15) is 4.98 Å². The van der Waals surface area contributed by atoms with Crippen LogP contribution in [0.25, 0.3) is 11.3 Å². The lowest BCUT2D eigenvalue weighted by atomic mass is 10.1. The summed E-state index contributed by atoms with van der Waals surface area (Å²) in [6.07, 6.45) is 0. The van der Waals surface area contributed by atoms with Crippen LogP contribution >= 0.6 is 0 Å². The Morgan fingerprint density at radius 3 is 2.21 bits per heavy atom. The predicted molar refractivity (Wildman–Crippen MR) is 116 cm³/mol. The van der Waals surface area contributed by atoms with Crippen molar-refractivity contribution in [3.8, 4) is 11.3 Å². The van der Waals surface area contributed by atoms with Crippen molar-refractivity contribution in [2.45, 2.75) is 33.7 Å². The Balaban J connectivity index is 1.99. The van der Waals surface area contributed by atoms with E-state index >= 15 is 0 Å². The molecule has 0 aliphatic rings. The average molecular weight is 377 g/mol. The van der Waals surface area contributed by atoms with Crippen LogP contribution in [0.15, 0.2) is 54.6 Å². The zero-order chi connectivity index (χ0) is 20.1. The first-order valence-corrected chi connectivity index (χ1v) is 9.62. The number of aliphatic hydroxyl groups is 1. The van der Waals surface area contributed by atoms with Crippen molar-refractivity contribution in [1.82, 2.24) is 9.97 Å². The first-order valence-electron chi connectivity index (χ1n) is 9.62. The molecule has 0 amide bonds. The minimum Gasteiger partial charge on any atom is -0.394 e. The van der Waals surface area contributed by atoms with Gasteiger partial charge in [-0.3, -0.25) is 0 Å². The summed E-state index contributed by atoms with van der Waals surface area (Å²) in [4.78, 5) is 9.32. The van der Waals surface area contributed by atoms with Crippen LogP contribution < -0.4 is 10.6 Å². The molecule has 5 heteroatoms.